The van der Waals surface area contributed by atoms with Crippen molar-refractivity contribution in [1.82, 2.24) is 0 Å². The predicted molar refractivity (Wildman–Crippen MR) is 57.6 cm³/mol. The van der Waals surface area contributed by atoms with Gasteiger partial charge < -0.3 is 21.9 Å². The molecule has 0 saturated heterocycles. The summed E-state index contributed by atoms with van der Waals surface area (Å²) in [4.78, 5) is 21.5. The van der Waals surface area contributed by atoms with Crippen LogP contribution in [0.15, 0.2) is 24.3 Å². The van der Waals surface area contributed by atoms with Gasteiger partial charge in [-0.05, 0) is 18.2 Å². The summed E-state index contributed by atoms with van der Waals surface area (Å²) in [5.41, 5.74) is 15.7. The van der Waals surface area contributed by atoms with Crippen LogP contribution < -0.4 is 21.9 Å². The summed E-state index contributed by atoms with van der Waals surface area (Å²) in [7, 11) is 0. The van der Waals surface area contributed by atoms with Crippen molar-refractivity contribution in [2.75, 3.05) is 6.61 Å². The number of amides is 2. The highest BCUT2D eigenvalue weighted by molar-refractivity contribution is 5.93. The summed E-state index contributed by atoms with van der Waals surface area (Å²) < 4.78 is 5.19. The fraction of sp³-hybridized carbons (Fsp3) is 0.200. The van der Waals surface area contributed by atoms with Crippen LogP contribution in [0.4, 0.5) is 0 Å². The topological polar surface area (TPSA) is 121 Å². The monoisotopic (exact) mass is 223 g/mol. The predicted octanol–water partition coefficient (Wildman–Crippen LogP) is -1.02. The molecule has 6 heteroatoms. The van der Waals surface area contributed by atoms with Gasteiger partial charge in [-0.1, -0.05) is 6.07 Å². The number of carbonyl (C=O) groups is 2. The third kappa shape index (κ3) is 3.25. The lowest BCUT2D eigenvalue weighted by Crippen LogP contribution is -2.41. The second kappa shape index (κ2) is 5.13. The van der Waals surface area contributed by atoms with Gasteiger partial charge in [-0.25, -0.2) is 0 Å². The van der Waals surface area contributed by atoms with Gasteiger partial charge in [-0.2, -0.15) is 0 Å². The molecular weight excluding hydrogens is 210 g/mol. The highest BCUT2D eigenvalue weighted by Gasteiger charge is 2.10. The molecule has 0 radical (unpaired) electrons. The van der Waals surface area contributed by atoms with Crippen molar-refractivity contribution in [3.05, 3.63) is 29.8 Å². The van der Waals surface area contributed by atoms with Gasteiger partial charge in [0.05, 0.1) is 0 Å². The van der Waals surface area contributed by atoms with Crippen molar-refractivity contribution in [3.8, 4) is 5.75 Å². The first-order valence-electron chi connectivity index (χ1n) is 4.58. The van der Waals surface area contributed by atoms with Crippen LogP contribution in [0.1, 0.15) is 10.4 Å². The fourth-order valence-electron chi connectivity index (χ4n) is 1.01. The zero-order valence-corrected chi connectivity index (χ0v) is 8.55. The van der Waals surface area contributed by atoms with E-state index in [4.69, 9.17) is 21.9 Å². The van der Waals surface area contributed by atoms with E-state index in [9.17, 15) is 9.59 Å². The molecular formula is C10H13N3O3. The Hall–Kier alpha value is -2.08. The summed E-state index contributed by atoms with van der Waals surface area (Å²) in [6.07, 6.45) is 0. The highest BCUT2D eigenvalue weighted by atomic mass is 16.5. The molecule has 1 aromatic rings. The number of rotatable bonds is 5. The average Bonchev–Trinajstić information content (AvgIpc) is 2.26. The Kier molecular flexibility index (Phi) is 3.84. The third-order valence-electron chi connectivity index (χ3n) is 1.91. The fourth-order valence-corrected chi connectivity index (χ4v) is 1.01. The molecule has 0 bridgehead atoms. The van der Waals surface area contributed by atoms with Gasteiger partial charge in [0.25, 0.3) is 0 Å². The Bertz CT molecular complexity index is 406. The maximum absolute atomic E-state index is 10.9. The summed E-state index contributed by atoms with van der Waals surface area (Å²) in [5.74, 6) is -0.788. The van der Waals surface area contributed by atoms with Gasteiger partial charge >= 0.3 is 0 Å². The minimum Gasteiger partial charge on any atom is -0.491 e. The molecule has 1 atom stereocenters. The summed E-state index contributed by atoms with van der Waals surface area (Å²) in [6, 6.07) is 5.39. The number of hydrogen-bond donors (Lipinski definition) is 3. The van der Waals surface area contributed by atoms with E-state index in [1.54, 1.807) is 18.2 Å². The van der Waals surface area contributed by atoms with Gasteiger partial charge in [0.15, 0.2) is 0 Å². The third-order valence-corrected chi connectivity index (χ3v) is 1.91. The molecule has 0 aromatic heterocycles. The van der Waals surface area contributed by atoms with E-state index in [2.05, 4.69) is 0 Å². The van der Waals surface area contributed by atoms with Crippen LogP contribution in [0.25, 0.3) is 0 Å². The molecule has 16 heavy (non-hydrogen) atoms. The van der Waals surface area contributed by atoms with Crippen molar-refractivity contribution in [1.29, 1.82) is 0 Å². The normalized spacial score (nSPS) is 11.8. The Morgan fingerprint density at radius 1 is 1.31 bits per heavy atom. The van der Waals surface area contributed by atoms with Crippen molar-refractivity contribution in [3.63, 3.8) is 0 Å². The van der Waals surface area contributed by atoms with Crippen LogP contribution >= 0.6 is 0 Å². The molecule has 0 spiro atoms. The van der Waals surface area contributed by atoms with E-state index in [0.29, 0.717) is 11.3 Å². The second-order valence-corrected chi connectivity index (χ2v) is 3.21. The van der Waals surface area contributed by atoms with Crippen LogP contribution in [0, 0.1) is 0 Å². The second-order valence-electron chi connectivity index (χ2n) is 3.21. The molecule has 6 nitrogen and oxygen atoms in total. The SMILES string of the molecule is NC(=O)c1cccc(OCC(N)C(N)=O)c1. The van der Waals surface area contributed by atoms with E-state index in [1.165, 1.54) is 6.07 Å². The van der Waals surface area contributed by atoms with Crippen molar-refractivity contribution in [2.45, 2.75) is 6.04 Å². The molecule has 1 rings (SSSR count). The number of primary amides is 2. The van der Waals surface area contributed by atoms with Crippen LogP contribution in [-0.4, -0.2) is 24.5 Å². The van der Waals surface area contributed by atoms with E-state index >= 15 is 0 Å². The Balaban J connectivity index is 2.64. The quantitative estimate of drug-likeness (QED) is 0.591. The van der Waals surface area contributed by atoms with Crippen molar-refractivity contribution >= 4 is 11.8 Å². The van der Waals surface area contributed by atoms with E-state index in [0.717, 1.165) is 0 Å². The maximum Gasteiger partial charge on any atom is 0.248 e. The van der Waals surface area contributed by atoms with Crippen molar-refractivity contribution in [2.24, 2.45) is 17.2 Å². The first kappa shape index (κ1) is 12.0. The molecule has 1 aromatic carbocycles. The minimum atomic E-state index is -0.878. The molecule has 0 heterocycles. The highest BCUT2D eigenvalue weighted by Crippen LogP contribution is 2.12. The molecule has 2 amide bonds. The van der Waals surface area contributed by atoms with E-state index < -0.39 is 17.9 Å². The zero-order valence-electron chi connectivity index (χ0n) is 8.55. The molecule has 1 unspecified atom stereocenters. The van der Waals surface area contributed by atoms with Crippen LogP contribution in [-0.2, 0) is 4.79 Å². The standard InChI is InChI=1S/C10H13N3O3/c11-8(10(13)15)5-16-7-3-1-2-6(4-7)9(12)14/h1-4,8H,5,11H2,(H2,12,14)(H2,13,15). The van der Waals surface area contributed by atoms with Gasteiger partial charge in [0.1, 0.15) is 18.4 Å². The Morgan fingerprint density at radius 2 is 2.00 bits per heavy atom. The zero-order chi connectivity index (χ0) is 12.1. The van der Waals surface area contributed by atoms with Crippen LogP contribution in [0.2, 0.25) is 0 Å². The Labute approximate surface area is 92.3 Å². The molecule has 0 saturated carbocycles. The van der Waals surface area contributed by atoms with Gasteiger partial charge in [-0.3, -0.25) is 9.59 Å². The lowest BCUT2D eigenvalue weighted by Gasteiger charge is -2.10. The van der Waals surface area contributed by atoms with Gasteiger partial charge in [-0.15, -0.1) is 0 Å². The molecule has 0 aliphatic carbocycles. The average molecular weight is 223 g/mol. The summed E-state index contributed by atoms with van der Waals surface area (Å²) in [5, 5.41) is 0. The van der Waals surface area contributed by atoms with Gasteiger partial charge in [0, 0.05) is 5.56 Å². The lowest BCUT2D eigenvalue weighted by molar-refractivity contribution is -0.119. The molecule has 86 valence electrons. The number of carbonyl (C=O) groups excluding carboxylic acids is 2. The van der Waals surface area contributed by atoms with E-state index in [1.807, 2.05) is 0 Å². The summed E-state index contributed by atoms with van der Waals surface area (Å²) >= 11 is 0. The van der Waals surface area contributed by atoms with Gasteiger partial charge in [0.2, 0.25) is 11.8 Å². The first-order valence-corrected chi connectivity index (χ1v) is 4.58. The largest absolute Gasteiger partial charge is 0.491 e. The molecule has 0 aliphatic heterocycles. The Morgan fingerprint density at radius 3 is 2.56 bits per heavy atom. The molecule has 0 fully saturated rings. The number of benzene rings is 1. The number of nitrogens with two attached hydrogens (primary N) is 3. The lowest BCUT2D eigenvalue weighted by atomic mass is 10.2. The van der Waals surface area contributed by atoms with Crippen LogP contribution in [0.5, 0.6) is 5.75 Å². The van der Waals surface area contributed by atoms with E-state index in [-0.39, 0.29) is 6.61 Å². The summed E-state index contributed by atoms with van der Waals surface area (Å²) in [6.45, 7) is -0.0441. The maximum atomic E-state index is 10.9. The molecule has 6 N–H and O–H groups in total. The smallest absolute Gasteiger partial charge is 0.248 e. The van der Waals surface area contributed by atoms with Crippen molar-refractivity contribution < 1.29 is 14.3 Å². The number of ether oxygens (including phenoxy) is 1. The first-order chi connectivity index (χ1) is 7.50. The number of hydrogen-bond acceptors (Lipinski definition) is 4. The minimum absolute atomic E-state index is 0.0441. The molecule has 0 aliphatic rings. The van der Waals surface area contributed by atoms with Crippen LogP contribution in [0.3, 0.4) is 0 Å².